The molecule has 3 aliphatic heterocycles. The molecular formula is C16H33N3. The lowest BCUT2D eigenvalue weighted by molar-refractivity contribution is -0.00457. The van der Waals surface area contributed by atoms with Gasteiger partial charge in [0.15, 0.2) is 0 Å². The summed E-state index contributed by atoms with van der Waals surface area (Å²) in [5.41, 5.74) is 0. The van der Waals surface area contributed by atoms with Crippen molar-refractivity contribution in [2.75, 3.05) is 39.3 Å². The molecule has 112 valence electrons. The SMILES string of the molecule is CCCCCCCC(NCC)C1CN2CCN1CC2. The molecule has 0 spiro atoms. The van der Waals surface area contributed by atoms with Crippen LogP contribution in [0.4, 0.5) is 0 Å². The Bertz CT molecular complexity index is 236. The Kier molecular flexibility index (Phi) is 6.62. The number of likely N-dealkylation sites (N-methyl/N-ethyl adjacent to an activating group) is 1. The van der Waals surface area contributed by atoms with E-state index in [4.69, 9.17) is 0 Å². The van der Waals surface area contributed by atoms with Gasteiger partial charge in [-0.3, -0.25) is 9.80 Å². The first-order chi connectivity index (χ1) is 9.35. The van der Waals surface area contributed by atoms with Gasteiger partial charge in [0.25, 0.3) is 0 Å². The number of nitrogens with one attached hydrogen (secondary N) is 1. The minimum Gasteiger partial charge on any atom is -0.313 e. The van der Waals surface area contributed by atoms with Crippen molar-refractivity contribution in [1.82, 2.24) is 15.1 Å². The molecule has 0 aromatic carbocycles. The van der Waals surface area contributed by atoms with Gasteiger partial charge in [-0.1, -0.05) is 46.0 Å². The summed E-state index contributed by atoms with van der Waals surface area (Å²) in [5.74, 6) is 0. The van der Waals surface area contributed by atoms with Crippen molar-refractivity contribution >= 4 is 0 Å². The first-order valence-electron chi connectivity index (χ1n) is 8.55. The summed E-state index contributed by atoms with van der Waals surface area (Å²) in [4.78, 5) is 5.39. The lowest BCUT2D eigenvalue weighted by Crippen LogP contribution is -2.66. The molecule has 3 nitrogen and oxygen atoms in total. The maximum absolute atomic E-state index is 3.76. The highest BCUT2D eigenvalue weighted by atomic mass is 15.4. The summed E-state index contributed by atoms with van der Waals surface area (Å²) in [5, 5.41) is 3.76. The van der Waals surface area contributed by atoms with Crippen molar-refractivity contribution in [3.05, 3.63) is 0 Å². The molecule has 3 aliphatic rings. The first-order valence-corrected chi connectivity index (χ1v) is 8.55. The van der Waals surface area contributed by atoms with E-state index in [9.17, 15) is 0 Å². The van der Waals surface area contributed by atoms with E-state index < -0.39 is 0 Å². The summed E-state index contributed by atoms with van der Waals surface area (Å²) < 4.78 is 0. The van der Waals surface area contributed by atoms with Crippen LogP contribution in [0.1, 0.15) is 52.4 Å². The molecule has 0 radical (unpaired) electrons. The van der Waals surface area contributed by atoms with Crippen molar-refractivity contribution in [3.8, 4) is 0 Å². The molecule has 19 heavy (non-hydrogen) atoms. The molecule has 3 saturated heterocycles. The first kappa shape index (κ1) is 15.3. The van der Waals surface area contributed by atoms with Crippen LogP contribution in [0.25, 0.3) is 0 Å². The van der Waals surface area contributed by atoms with Gasteiger partial charge in [-0.05, 0) is 13.0 Å². The largest absolute Gasteiger partial charge is 0.313 e. The fourth-order valence-electron chi connectivity index (χ4n) is 3.70. The summed E-state index contributed by atoms with van der Waals surface area (Å²) in [6.07, 6.45) is 8.38. The fourth-order valence-corrected chi connectivity index (χ4v) is 3.70. The highest BCUT2D eigenvalue weighted by Crippen LogP contribution is 2.21. The maximum atomic E-state index is 3.76. The number of rotatable bonds is 9. The van der Waals surface area contributed by atoms with E-state index in [1.165, 1.54) is 71.2 Å². The van der Waals surface area contributed by atoms with Crippen LogP contribution in [0.3, 0.4) is 0 Å². The Hall–Kier alpha value is -0.120. The minimum atomic E-state index is 0.717. The summed E-state index contributed by atoms with van der Waals surface area (Å²) in [7, 11) is 0. The number of piperazine rings is 3. The quantitative estimate of drug-likeness (QED) is 0.647. The van der Waals surface area contributed by atoms with Gasteiger partial charge in [0.05, 0.1) is 0 Å². The van der Waals surface area contributed by atoms with Crippen molar-refractivity contribution < 1.29 is 0 Å². The van der Waals surface area contributed by atoms with Gasteiger partial charge in [-0.15, -0.1) is 0 Å². The molecule has 0 aromatic heterocycles. The van der Waals surface area contributed by atoms with Crippen LogP contribution in [-0.2, 0) is 0 Å². The van der Waals surface area contributed by atoms with E-state index >= 15 is 0 Å². The molecule has 0 saturated carbocycles. The number of fused-ring (bicyclic) bond motifs is 3. The summed E-state index contributed by atoms with van der Waals surface area (Å²) in [6.45, 7) is 12.1. The molecule has 0 aromatic rings. The Morgan fingerprint density at radius 1 is 1.00 bits per heavy atom. The molecule has 0 aliphatic carbocycles. The van der Waals surface area contributed by atoms with E-state index in [2.05, 4.69) is 29.0 Å². The third-order valence-corrected chi connectivity index (χ3v) is 4.87. The second-order valence-electron chi connectivity index (χ2n) is 6.27. The summed E-state index contributed by atoms with van der Waals surface area (Å²) in [6, 6.07) is 1.49. The van der Waals surface area contributed by atoms with Crippen LogP contribution in [0.2, 0.25) is 0 Å². The van der Waals surface area contributed by atoms with E-state index in [0.29, 0.717) is 0 Å². The van der Waals surface area contributed by atoms with Gasteiger partial charge in [0.1, 0.15) is 0 Å². The Labute approximate surface area is 119 Å². The Balaban J connectivity index is 1.75. The molecular weight excluding hydrogens is 234 g/mol. The van der Waals surface area contributed by atoms with Crippen LogP contribution in [-0.4, -0.2) is 61.2 Å². The van der Waals surface area contributed by atoms with Crippen molar-refractivity contribution in [1.29, 1.82) is 0 Å². The lowest BCUT2D eigenvalue weighted by Gasteiger charge is -2.50. The zero-order chi connectivity index (χ0) is 13.5. The van der Waals surface area contributed by atoms with Gasteiger partial charge in [0.2, 0.25) is 0 Å². The number of hydrogen-bond acceptors (Lipinski definition) is 3. The second kappa shape index (κ2) is 8.23. The van der Waals surface area contributed by atoms with Crippen LogP contribution in [0.5, 0.6) is 0 Å². The fraction of sp³-hybridized carbons (Fsp3) is 1.00. The van der Waals surface area contributed by atoms with Crippen molar-refractivity contribution in [3.63, 3.8) is 0 Å². The molecule has 2 atom stereocenters. The Morgan fingerprint density at radius 2 is 1.74 bits per heavy atom. The average Bonchev–Trinajstić information content (AvgIpc) is 2.47. The van der Waals surface area contributed by atoms with Crippen molar-refractivity contribution in [2.45, 2.75) is 64.5 Å². The molecule has 1 N–H and O–H groups in total. The van der Waals surface area contributed by atoms with E-state index in [-0.39, 0.29) is 0 Å². The van der Waals surface area contributed by atoms with E-state index in [1.807, 2.05) is 0 Å². The smallest absolute Gasteiger partial charge is 0.0377 e. The second-order valence-corrected chi connectivity index (χ2v) is 6.27. The average molecular weight is 267 g/mol. The minimum absolute atomic E-state index is 0.717. The van der Waals surface area contributed by atoms with E-state index in [1.54, 1.807) is 0 Å². The molecule has 3 heteroatoms. The normalized spacial score (nSPS) is 31.6. The van der Waals surface area contributed by atoms with Gasteiger partial charge < -0.3 is 5.32 Å². The summed E-state index contributed by atoms with van der Waals surface area (Å²) >= 11 is 0. The van der Waals surface area contributed by atoms with Crippen LogP contribution in [0.15, 0.2) is 0 Å². The van der Waals surface area contributed by atoms with E-state index in [0.717, 1.165) is 18.6 Å². The highest BCUT2D eigenvalue weighted by Gasteiger charge is 2.35. The number of unbranched alkanes of at least 4 members (excludes halogenated alkanes) is 4. The standard InChI is InChI=1S/C16H33N3/c1-3-5-6-7-8-9-15(17-4-2)16-14-18-10-12-19(16)13-11-18/h15-17H,3-14H2,1-2H3. The molecule has 0 amide bonds. The molecule has 3 rings (SSSR count). The van der Waals surface area contributed by atoms with Gasteiger partial charge in [0, 0.05) is 44.8 Å². The monoisotopic (exact) mass is 267 g/mol. The lowest BCUT2D eigenvalue weighted by atomic mass is 9.95. The number of nitrogens with zero attached hydrogens (tertiary/aromatic N) is 2. The van der Waals surface area contributed by atoms with Gasteiger partial charge in [-0.25, -0.2) is 0 Å². The zero-order valence-corrected chi connectivity index (χ0v) is 13.0. The molecule has 3 heterocycles. The predicted octanol–water partition coefficient (Wildman–Crippen LogP) is 2.32. The third-order valence-electron chi connectivity index (χ3n) is 4.87. The van der Waals surface area contributed by atoms with Crippen molar-refractivity contribution in [2.24, 2.45) is 0 Å². The Morgan fingerprint density at radius 3 is 2.32 bits per heavy atom. The molecule has 2 bridgehead atoms. The van der Waals surface area contributed by atoms with Crippen LogP contribution >= 0.6 is 0 Å². The van der Waals surface area contributed by atoms with Gasteiger partial charge in [-0.2, -0.15) is 0 Å². The van der Waals surface area contributed by atoms with Crippen LogP contribution in [0, 0.1) is 0 Å². The predicted molar refractivity (Wildman–Crippen MR) is 82.6 cm³/mol. The zero-order valence-electron chi connectivity index (χ0n) is 13.0. The molecule has 3 fully saturated rings. The topological polar surface area (TPSA) is 18.5 Å². The van der Waals surface area contributed by atoms with Crippen LogP contribution < -0.4 is 5.32 Å². The third kappa shape index (κ3) is 4.44. The number of hydrogen-bond donors (Lipinski definition) is 1. The highest BCUT2D eigenvalue weighted by molar-refractivity contribution is 4.94. The maximum Gasteiger partial charge on any atom is 0.0377 e. The molecule has 2 unspecified atom stereocenters. The van der Waals surface area contributed by atoms with Gasteiger partial charge >= 0.3 is 0 Å².